The lowest BCUT2D eigenvalue weighted by atomic mass is 9.68. The fourth-order valence-electron chi connectivity index (χ4n) is 2.98. The topological polar surface area (TPSA) is 20.2 Å². The Balaban J connectivity index is 2.15. The van der Waals surface area contributed by atoms with Crippen LogP contribution < -0.4 is 0 Å². The van der Waals surface area contributed by atoms with E-state index < -0.39 is 0 Å². The summed E-state index contributed by atoms with van der Waals surface area (Å²) in [5.41, 5.74) is 3.11. The predicted octanol–water partition coefficient (Wildman–Crippen LogP) is 2.89. The Hall–Kier alpha value is -0.300. The van der Waals surface area contributed by atoms with E-state index in [-0.39, 0.29) is 6.10 Å². The average Bonchev–Trinajstić information content (AvgIpc) is 2.09. The summed E-state index contributed by atoms with van der Waals surface area (Å²) in [5, 5.41) is 9.89. The van der Waals surface area contributed by atoms with Crippen LogP contribution in [0.1, 0.15) is 46.0 Å². The van der Waals surface area contributed by atoms with Crippen molar-refractivity contribution in [1.82, 2.24) is 0 Å². The summed E-state index contributed by atoms with van der Waals surface area (Å²) >= 11 is 0. The molecule has 2 rings (SSSR count). The number of fused-ring (bicyclic) bond motifs is 1. The maximum Gasteiger partial charge on any atom is 0.0574 e. The van der Waals surface area contributed by atoms with E-state index in [2.05, 4.69) is 13.8 Å². The number of hydrogen-bond donors (Lipinski definition) is 1. The third kappa shape index (κ3) is 1.67. The molecule has 0 heterocycles. The van der Waals surface area contributed by atoms with Crippen molar-refractivity contribution in [2.75, 3.05) is 0 Å². The second-order valence-electron chi connectivity index (χ2n) is 4.89. The maximum absolute atomic E-state index is 9.89. The summed E-state index contributed by atoms with van der Waals surface area (Å²) in [5.74, 6) is 1.37. The number of rotatable bonds is 0. The van der Waals surface area contributed by atoms with Crippen LogP contribution in [0.3, 0.4) is 0 Å². The van der Waals surface area contributed by atoms with Gasteiger partial charge in [-0.15, -0.1) is 0 Å². The van der Waals surface area contributed by atoms with Crippen LogP contribution in [0.15, 0.2) is 11.1 Å². The van der Waals surface area contributed by atoms with E-state index in [0.717, 1.165) is 18.8 Å². The molecule has 3 atom stereocenters. The van der Waals surface area contributed by atoms with Gasteiger partial charge in [-0.25, -0.2) is 0 Å². The van der Waals surface area contributed by atoms with E-state index in [0.29, 0.717) is 5.92 Å². The molecule has 1 nitrogen and oxygen atoms in total. The molecule has 1 saturated carbocycles. The molecule has 0 saturated heterocycles. The van der Waals surface area contributed by atoms with Gasteiger partial charge in [0.05, 0.1) is 6.10 Å². The van der Waals surface area contributed by atoms with Crippen LogP contribution in [0.5, 0.6) is 0 Å². The Bertz CT molecular complexity index is 229. The molecule has 0 aliphatic heterocycles. The van der Waals surface area contributed by atoms with Crippen molar-refractivity contribution in [2.45, 2.75) is 52.1 Å². The molecule has 2 aliphatic rings. The summed E-state index contributed by atoms with van der Waals surface area (Å²) in [4.78, 5) is 0. The van der Waals surface area contributed by atoms with Gasteiger partial charge in [-0.1, -0.05) is 17.6 Å². The zero-order chi connectivity index (χ0) is 9.42. The molecule has 0 aromatic carbocycles. The van der Waals surface area contributed by atoms with Gasteiger partial charge in [-0.2, -0.15) is 0 Å². The van der Waals surface area contributed by atoms with Crippen LogP contribution in [0.2, 0.25) is 0 Å². The molecule has 2 aliphatic carbocycles. The molecule has 1 fully saturated rings. The molecule has 74 valence electrons. The van der Waals surface area contributed by atoms with Crippen molar-refractivity contribution >= 4 is 0 Å². The van der Waals surface area contributed by atoms with E-state index in [9.17, 15) is 5.11 Å². The van der Waals surface area contributed by atoms with Gasteiger partial charge in [0.2, 0.25) is 0 Å². The summed E-state index contributed by atoms with van der Waals surface area (Å²) < 4.78 is 0. The second kappa shape index (κ2) is 3.45. The maximum atomic E-state index is 9.89. The van der Waals surface area contributed by atoms with E-state index in [4.69, 9.17) is 0 Å². The van der Waals surface area contributed by atoms with Gasteiger partial charge >= 0.3 is 0 Å². The van der Waals surface area contributed by atoms with Crippen LogP contribution in [0, 0.1) is 11.8 Å². The second-order valence-corrected chi connectivity index (χ2v) is 4.89. The first-order chi connectivity index (χ1) is 6.18. The number of hydrogen-bond acceptors (Lipinski definition) is 1. The monoisotopic (exact) mass is 180 g/mol. The molecule has 1 N–H and O–H groups in total. The van der Waals surface area contributed by atoms with E-state index in [1.165, 1.54) is 24.8 Å². The summed E-state index contributed by atoms with van der Waals surface area (Å²) in [6, 6.07) is 0. The fourth-order valence-corrected chi connectivity index (χ4v) is 2.98. The van der Waals surface area contributed by atoms with Crippen LogP contribution in [-0.2, 0) is 0 Å². The summed E-state index contributed by atoms with van der Waals surface area (Å²) in [6.07, 6.45) is 5.99. The average molecular weight is 180 g/mol. The lowest BCUT2D eigenvalue weighted by molar-refractivity contribution is 0.0282. The Morgan fingerprint density at radius 2 is 1.77 bits per heavy atom. The number of allylic oxidation sites excluding steroid dienone is 2. The van der Waals surface area contributed by atoms with E-state index in [1.54, 1.807) is 5.57 Å². The molecule has 3 unspecified atom stereocenters. The van der Waals surface area contributed by atoms with Gasteiger partial charge < -0.3 is 5.11 Å². The third-order valence-electron chi connectivity index (χ3n) is 4.01. The molecule has 1 heteroatoms. The molecular weight excluding hydrogens is 160 g/mol. The molecule has 0 amide bonds. The minimum atomic E-state index is -0.0122. The van der Waals surface area contributed by atoms with Gasteiger partial charge in [0.15, 0.2) is 0 Å². The van der Waals surface area contributed by atoms with Crippen LogP contribution in [-0.4, -0.2) is 11.2 Å². The standard InChI is InChI=1S/C12H20O/c1-8-6-10-4-3-5-12(13)11(10)7-9(8)2/h10-13H,3-7H2,1-2H3. The number of aliphatic hydroxyl groups is 1. The molecule has 0 bridgehead atoms. The highest BCUT2D eigenvalue weighted by Crippen LogP contribution is 2.42. The Kier molecular flexibility index (Phi) is 2.46. The minimum Gasteiger partial charge on any atom is -0.393 e. The molecule has 0 spiro atoms. The van der Waals surface area contributed by atoms with Crippen molar-refractivity contribution < 1.29 is 5.11 Å². The van der Waals surface area contributed by atoms with Crippen LogP contribution in [0.4, 0.5) is 0 Å². The van der Waals surface area contributed by atoms with Crippen molar-refractivity contribution in [3.63, 3.8) is 0 Å². The van der Waals surface area contributed by atoms with Gasteiger partial charge in [0.1, 0.15) is 0 Å². The Labute approximate surface area is 80.8 Å². The highest BCUT2D eigenvalue weighted by atomic mass is 16.3. The lowest BCUT2D eigenvalue weighted by Crippen LogP contribution is -2.34. The fraction of sp³-hybridized carbons (Fsp3) is 0.833. The lowest BCUT2D eigenvalue weighted by Gasteiger charge is -2.39. The molecule has 13 heavy (non-hydrogen) atoms. The normalized spacial score (nSPS) is 40.4. The first kappa shape index (κ1) is 9.26. The van der Waals surface area contributed by atoms with Gasteiger partial charge in [0, 0.05) is 0 Å². The zero-order valence-electron chi connectivity index (χ0n) is 8.71. The minimum absolute atomic E-state index is 0.0122. The number of aliphatic hydroxyl groups excluding tert-OH is 1. The predicted molar refractivity (Wildman–Crippen MR) is 54.4 cm³/mol. The smallest absolute Gasteiger partial charge is 0.0574 e. The Morgan fingerprint density at radius 1 is 1.08 bits per heavy atom. The van der Waals surface area contributed by atoms with E-state index in [1.807, 2.05) is 0 Å². The highest BCUT2D eigenvalue weighted by Gasteiger charge is 2.34. The van der Waals surface area contributed by atoms with Crippen molar-refractivity contribution in [3.8, 4) is 0 Å². The summed E-state index contributed by atoms with van der Waals surface area (Å²) in [7, 11) is 0. The molecule has 0 aromatic heterocycles. The zero-order valence-corrected chi connectivity index (χ0v) is 8.71. The van der Waals surface area contributed by atoms with Crippen LogP contribution >= 0.6 is 0 Å². The van der Waals surface area contributed by atoms with Gasteiger partial charge in [0.25, 0.3) is 0 Å². The first-order valence-corrected chi connectivity index (χ1v) is 5.51. The summed E-state index contributed by atoms with van der Waals surface area (Å²) in [6.45, 7) is 4.49. The quantitative estimate of drug-likeness (QED) is 0.568. The van der Waals surface area contributed by atoms with E-state index >= 15 is 0 Å². The van der Waals surface area contributed by atoms with Crippen molar-refractivity contribution in [3.05, 3.63) is 11.1 Å². The highest BCUT2D eigenvalue weighted by molar-refractivity contribution is 5.16. The van der Waals surface area contributed by atoms with Crippen molar-refractivity contribution in [2.24, 2.45) is 11.8 Å². The SMILES string of the molecule is CC1=C(C)CC2C(O)CCCC2C1. The Morgan fingerprint density at radius 3 is 2.54 bits per heavy atom. The third-order valence-corrected chi connectivity index (χ3v) is 4.01. The first-order valence-electron chi connectivity index (χ1n) is 5.51. The van der Waals surface area contributed by atoms with Crippen molar-refractivity contribution in [1.29, 1.82) is 0 Å². The van der Waals surface area contributed by atoms with Gasteiger partial charge in [-0.05, 0) is 51.4 Å². The molecule has 0 radical (unpaired) electrons. The van der Waals surface area contributed by atoms with Crippen LogP contribution in [0.25, 0.3) is 0 Å². The molecular formula is C12H20O. The molecule has 0 aromatic rings. The largest absolute Gasteiger partial charge is 0.393 e. The van der Waals surface area contributed by atoms with Gasteiger partial charge in [-0.3, -0.25) is 0 Å².